The molecule has 0 aromatic carbocycles. The molecule has 0 amide bonds. The summed E-state index contributed by atoms with van der Waals surface area (Å²) in [5.74, 6) is -0.122. The molecule has 0 saturated carbocycles. The quantitative estimate of drug-likeness (QED) is 0.769. The molecule has 2 rings (SSSR count). The van der Waals surface area contributed by atoms with E-state index in [1.54, 1.807) is 6.07 Å². The molecular formula is C10H10BrNO3. The third-order valence-corrected chi connectivity index (χ3v) is 2.72. The van der Waals surface area contributed by atoms with Gasteiger partial charge in [-0.15, -0.1) is 0 Å². The Bertz CT molecular complexity index is 390. The SMILES string of the molecule is COC(=O)c1cc(Br)cc(C2COC2)n1. The minimum absolute atomic E-state index is 0.297. The van der Waals surface area contributed by atoms with E-state index in [1.807, 2.05) is 6.07 Å². The van der Waals surface area contributed by atoms with E-state index >= 15 is 0 Å². The standard InChI is InChI=1S/C10H10BrNO3/c1-14-10(13)9-3-7(11)2-8(12-9)6-4-15-5-6/h2-3,6H,4-5H2,1H3. The Hall–Kier alpha value is -0.940. The van der Waals surface area contributed by atoms with Crippen molar-refractivity contribution >= 4 is 21.9 Å². The number of ether oxygens (including phenoxy) is 2. The van der Waals surface area contributed by atoms with E-state index in [2.05, 4.69) is 25.7 Å². The Morgan fingerprint density at radius 3 is 2.87 bits per heavy atom. The van der Waals surface area contributed by atoms with Crippen molar-refractivity contribution in [3.05, 3.63) is 28.0 Å². The summed E-state index contributed by atoms with van der Waals surface area (Å²) in [5.41, 5.74) is 1.20. The second kappa shape index (κ2) is 4.28. The molecule has 4 nitrogen and oxygen atoms in total. The summed E-state index contributed by atoms with van der Waals surface area (Å²) in [7, 11) is 1.34. The third-order valence-electron chi connectivity index (χ3n) is 2.26. The second-order valence-corrected chi connectivity index (χ2v) is 4.24. The van der Waals surface area contributed by atoms with Crippen LogP contribution < -0.4 is 0 Å². The van der Waals surface area contributed by atoms with E-state index in [1.165, 1.54) is 7.11 Å². The van der Waals surface area contributed by atoms with E-state index in [9.17, 15) is 4.79 Å². The lowest BCUT2D eigenvalue weighted by Crippen LogP contribution is -2.26. The molecule has 80 valence electrons. The van der Waals surface area contributed by atoms with Crippen LogP contribution in [0.25, 0.3) is 0 Å². The average molecular weight is 272 g/mol. The summed E-state index contributed by atoms with van der Waals surface area (Å²) in [4.78, 5) is 15.6. The van der Waals surface area contributed by atoms with Crippen LogP contribution >= 0.6 is 15.9 Å². The zero-order valence-corrected chi connectivity index (χ0v) is 9.78. The number of carbonyl (C=O) groups excluding carboxylic acids is 1. The highest BCUT2D eigenvalue weighted by Gasteiger charge is 2.23. The number of rotatable bonds is 2. The van der Waals surface area contributed by atoms with Crippen molar-refractivity contribution in [1.82, 2.24) is 4.98 Å². The highest BCUT2D eigenvalue weighted by Crippen LogP contribution is 2.25. The van der Waals surface area contributed by atoms with Gasteiger partial charge in [-0.05, 0) is 12.1 Å². The van der Waals surface area contributed by atoms with Crippen LogP contribution in [0.2, 0.25) is 0 Å². The maximum absolute atomic E-state index is 11.3. The maximum Gasteiger partial charge on any atom is 0.356 e. The molecule has 1 saturated heterocycles. The van der Waals surface area contributed by atoms with Gasteiger partial charge in [-0.3, -0.25) is 0 Å². The number of hydrogen-bond donors (Lipinski definition) is 0. The van der Waals surface area contributed by atoms with E-state index < -0.39 is 5.97 Å². The van der Waals surface area contributed by atoms with Crippen LogP contribution in [0.4, 0.5) is 0 Å². The number of nitrogens with zero attached hydrogens (tertiary/aromatic N) is 1. The fourth-order valence-electron chi connectivity index (χ4n) is 1.34. The minimum Gasteiger partial charge on any atom is -0.464 e. The molecule has 1 aliphatic rings. The number of methoxy groups -OCH3 is 1. The van der Waals surface area contributed by atoms with Crippen LogP contribution in [0.1, 0.15) is 22.1 Å². The number of halogens is 1. The van der Waals surface area contributed by atoms with Crippen molar-refractivity contribution in [3.63, 3.8) is 0 Å². The summed E-state index contributed by atoms with van der Waals surface area (Å²) in [6.45, 7) is 1.34. The van der Waals surface area contributed by atoms with Crippen LogP contribution in [0.3, 0.4) is 0 Å². The molecule has 1 aromatic heterocycles. The van der Waals surface area contributed by atoms with Crippen LogP contribution in [0.15, 0.2) is 16.6 Å². The molecule has 2 heterocycles. The minimum atomic E-state index is -0.419. The topological polar surface area (TPSA) is 48.4 Å². The number of pyridine rings is 1. The molecule has 0 unspecified atom stereocenters. The molecule has 15 heavy (non-hydrogen) atoms. The van der Waals surface area contributed by atoms with E-state index in [0.717, 1.165) is 10.2 Å². The van der Waals surface area contributed by atoms with Gasteiger partial charge in [-0.1, -0.05) is 15.9 Å². The predicted octanol–water partition coefficient (Wildman–Crippen LogP) is 1.74. The van der Waals surface area contributed by atoms with Crippen molar-refractivity contribution in [2.45, 2.75) is 5.92 Å². The monoisotopic (exact) mass is 271 g/mol. The molecule has 0 N–H and O–H groups in total. The highest BCUT2D eigenvalue weighted by molar-refractivity contribution is 9.10. The first kappa shape index (κ1) is 10.6. The van der Waals surface area contributed by atoms with Gasteiger partial charge in [0.05, 0.1) is 26.0 Å². The van der Waals surface area contributed by atoms with Crippen LogP contribution in [0.5, 0.6) is 0 Å². The van der Waals surface area contributed by atoms with Crippen molar-refractivity contribution in [2.75, 3.05) is 20.3 Å². The van der Waals surface area contributed by atoms with Gasteiger partial charge in [-0.25, -0.2) is 9.78 Å². The fraction of sp³-hybridized carbons (Fsp3) is 0.400. The average Bonchev–Trinajstić information content (AvgIpc) is 2.13. The fourth-order valence-corrected chi connectivity index (χ4v) is 1.79. The smallest absolute Gasteiger partial charge is 0.356 e. The van der Waals surface area contributed by atoms with Gasteiger partial charge in [0.25, 0.3) is 0 Å². The molecule has 0 radical (unpaired) electrons. The van der Waals surface area contributed by atoms with Gasteiger partial charge in [0.15, 0.2) is 0 Å². The first-order valence-corrected chi connectivity index (χ1v) is 5.33. The van der Waals surface area contributed by atoms with Crippen molar-refractivity contribution in [3.8, 4) is 0 Å². The van der Waals surface area contributed by atoms with Gasteiger partial charge in [0, 0.05) is 10.4 Å². The Morgan fingerprint density at radius 1 is 1.60 bits per heavy atom. The zero-order chi connectivity index (χ0) is 10.8. The lowest BCUT2D eigenvalue weighted by atomic mass is 10.0. The number of esters is 1. The Balaban J connectivity index is 2.31. The molecule has 0 atom stereocenters. The zero-order valence-electron chi connectivity index (χ0n) is 8.20. The van der Waals surface area contributed by atoms with Crippen molar-refractivity contribution in [1.29, 1.82) is 0 Å². The second-order valence-electron chi connectivity index (χ2n) is 3.32. The van der Waals surface area contributed by atoms with Gasteiger partial charge in [0.2, 0.25) is 0 Å². The van der Waals surface area contributed by atoms with Gasteiger partial charge in [-0.2, -0.15) is 0 Å². The summed E-state index contributed by atoms with van der Waals surface area (Å²) < 4.78 is 10.5. The summed E-state index contributed by atoms with van der Waals surface area (Å²) >= 11 is 3.34. The predicted molar refractivity (Wildman–Crippen MR) is 56.8 cm³/mol. The van der Waals surface area contributed by atoms with Crippen molar-refractivity contribution < 1.29 is 14.3 Å². The van der Waals surface area contributed by atoms with E-state index in [-0.39, 0.29) is 0 Å². The van der Waals surface area contributed by atoms with E-state index in [4.69, 9.17) is 4.74 Å². The first-order chi connectivity index (χ1) is 7.20. The van der Waals surface area contributed by atoms with Crippen LogP contribution in [-0.2, 0) is 9.47 Å². The molecule has 0 spiro atoms. The van der Waals surface area contributed by atoms with Gasteiger partial charge in [0.1, 0.15) is 5.69 Å². The van der Waals surface area contributed by atoms with Crippen LogP contribution in [-0.4, -0.2) is 31.3 Å². The first-order valence-electron chi connectivity index (χ1n) is 4.54. The van der Waals surface area contributed by atoms with Crippen molar-refractivity contribution in [2.24, 2.45) is 0 Å². The summed E-state index contributed by atoms with van der Waals surface area (Å²) in [6.07, 6.45) is 0. The number of hydrogen-bond acceptors (Lipinski definition) is 4. The molecule has 0 bridgehead atoms. The largest absolute Gasteiger partial charge is 0.464 e. The molecule has 1 fully saturated rings. The Labute approximate surface area is 95.7 Å². The lowest BCUT2D eigenvalue weighted by molar-refractivity contribution is 0.00652. The molecule has 1 aromatic rings. The maximum atomic E-state index is 11.3. The molecule has 5 heteroatoms. The summed E-state index contributed by atoms with van der Waals surface area (Å²) in [5, 5.41) is 0. The lowest BCUT2D eigenvalue weighted by Gasteiger charge is -2.25. The number of aromatic nitrogens is 1. The highest BCUT2D eigenvalue weighted by atomic mass is 79.9. The van der Waals surface area contributed by atoms with Gasteiger partial charge < -0.3 is 9.47 Å². The molecule has 0 aliphatic carbocycles. The molecule has 1 aliphatic heterocycles. The normalized spacial score (nSPS) is 15.9. The Kier molecular flexibility index (Phi) is 3.02. The molecular weight excluding hydrogens is 262 g/mol. The Morgan fingerprint density at radius 2 is 2.33 bits per heavy atom. The van der Waals surface area contributed by atoms with E-state index in [0.29, 0.717) is 24.8 Å². The van der Waals surface area contributed by atoms with Gasteiger partial charge >= 0.3 is 5.97 Å². The third kappa shape index (κ3) is 2.18. The van der Waals surface area contributed by atoms with Crippen LogP contribution in [0, 0.1) is 0 Å². The number of carbonyl (C=O) groups is 1. The summed E-state index contributed by atoms with van der Waals surface area (Å²) in [6, 6.07) is 3.55.